The summed E-state index contributed by atoms with van der Waals surface area (Å²) in [4.78, 5) is 15.6. The number of carbonyl (C=O) groups is 1. The first kappa shape index (κ1) is 13.8. The summed E-state index contributed by atoms with van der Waals surface area (Å²) in [6.45, 7) is 7.18. The van der Waals surface area contributed by atoms with Crippen LogP contribution in [-0.4, -0.2) is 10.8 Å². The molecule has 2 aromatic rings. The Morgan fingerprint density at radius 3 is 2.84 bits per heavy atom. The Labute approximate surface area is 120 Å². The summed E-state index contributed by atoms with van der Waals surface area (Å²) in [7, 11) is 0. The van der Waals surface area contributed by atoms with Gasteiger partial charge in [0.2, 0.25) is 0 Å². The third-order valence-corrected chi connectivity index (χ3v) is 3.66. The van der Waals surface area contributed by atoms with Crippen molar-refractivity contribution in [3.8, 4) is 0 Å². The van der Waals surface area contributed by atoms with E-state index in [1.165, 1.54) is 18.3 Å². The van der Waals surface area contributed by atoms with E-state index >= 15 is 0 Å². The largest absolute Gasteiger partial charge is 0.331 e. The summed E-state index contributed by atoms with van der Waals surface area (Å²) in [5, 5.41) is 6.45. The van der Waals surface area contributed by atoms with Gasteiger partial charge in [-0.25, -0.2) is 4.98 Å². The van der Waals surface area contributed by atoms with Crippen LogP contribution in [0.3, 0.4) is 0 Å². The SMILES string of the molecule is C=C(C(C)=O)c1csc(Nc2ccc(Cl)cc2C)n1. The van der Waals surface area contributed by atoms with E-state index in [1.54, 1.807) is 0 Å². The second-order valence-electron chi connectivity index (χ2n) is 4.16. The number of nitrogens with one attached hydrogen (secondary N) is 1. The molecule has 1 N–H and O–H groups in total. The third kappa shape index (κ3) is 3.22. The molecule has 0 saturated carbocycles. The van der Waals surface area contributed by atoms with E-state index < -0.39 is 0 Å². The molecular weight excluding hydrogens is 280 g/mol. The van der Waals surface area contributed by atoms with Gasteiger partial charge in [0.05, 0.1) is 5.69 Å². The van der Waals surface area contributed by atoms with Crippen molar-refractivity contribution in [3.63, 3.8) is 0 Å². The van der Waals surface area contributed by atoms with Gasteiger partial charge in [0.1, 0.15) is 0 Å². The summed E-state index contributed by atoms with van der Waals surface area (Å²) >= 11 is 7.35. The number of ketones is 1. The first-order valence-electron chi connectivity index (χ1n) is 5.66. The molecule has 1 aromatic heterocycles. The maximum absolute atomic E-state index is 11.2. The number of nitrogens with zero attached hydrogens (tertiary/aromatic N) is 1. The molecular formula is C14H13ClN2OS. The molecule has 0 aliphatic rings. The van der Waals surface area contributed by atoms with Crippen molar-refractivity contribution in [3.05, 3.63) is 46.4 Å². The maximum atomic E-state index is 11.2. The van der Waals surface area contributed by atoms with Crippen LogP contribution in [0.4, 0.5) is 10.8 Å². The van der Waals surface area contributed by atoms with Crippen molar-refractivity contribution in [2.24, 2.45) is 0 Å². The zero-order valence-electron chi connectivity index (χ0n) is 10.7. The molecule has 0 amide bonds. The van der Waals surface area contributed by atoms with Crippen molar-refractivity contribution >= 4 is 45.1 Å². The summed E-state index contributed by atoms with van der Waals surface area (Å²) in [6, 6.07) is 5.60. The van der Waals surface area contributed by atoms with Crippen molar-refractivity contribution < 1.29 is 4.79 Å². The van der Waals surface area contributed by atoms with Gasteiger partial charge in [-0.2, -0.15) is 0 Å². The summed E-state index contributed by atoms with van der Waals surface area (Å²) in [5.41, 5.74) is 3.03. The molecule has 5 heteroatoms. The molecule has 1 aromatic carbocycles. The van der Waals surface area contributed by atoms with E-state index in [1.807, 2.05) is 30.5 Å². The van der Waals surface area contributed by atoms with E-state index in [9.17, 15) is 4.79 Å². The van der Waals surface area contributed by atoms with Crippen LogP contribution in [0.5, 0.6) is 0 Å². The Morgan fingerprint density at radius 2 is 2.21 bits per heavy atom. The van der Waals surface area contributed by atoms with Crippen LogP contribution in [-0.2, 0) is 4.79 Å². The maximum Gasteiger partial charge on any atom is 0.187 e. The minimum atomic E-state index is -0.0699. The number of benzene rings is 1. The van der Waals surface area contributed by atoms with Crippen LogP contribution in [0.2, 0.25) is 5.02 Å². The van der Waals surface area contributed by atoms with Gasteiger partial charge in [0.15, 0.2) is 10.9 Å². The minimum absolute atomic E-state index is 0.0699. The van der Waals surface area contributed by atoms with Gasteiger partial charge in [-0.05, 0) is 37.6 Å². The van der Waals surface area contributed by atoms with Gasteiger partial charge in [-0.1, -0.05) is 18.2 Å². The number of Topliss-reactive ketones (excluding diaryl/α,β-unsaturated/α-hetero) is 1. The number of allylic oxidation sites excluding steroid dienone is 1. The van der Waals surface area contributed by atoms with Gasteiger partial charge in [-0.3, -0.25) is 4.79 Å². The molecule has 0 atom stereocenters. The quantitative estimate of drug-likeness (QED) is 0.847. The minimum Gasteiger partial charge on any atom is -0.331 e. The average molecular weight is 293 g/mol. The molecule has 0 fully saturated rings. The zero-order chi connectivity index (χ0) is 14.0. The fraction of sp³-hybridized carbons (Fsp3) is 0.143. The standard InChI is InChI=1S/C14H13ClN2OS/c1-8-6-11(15)4-5-12(8)16-14-17-13(7-19-14)9(2)10(3)18/h4-7H,2H2,1,3H3,(H,16,17). The van der Waals surface area contributed by atoms with E-state index in [4.69, 9.17) is 11.6 Å². The van der Waals surface area contributed by atoms with E-state index in [0.717, 1.165) is 16.4 Å². The van der Waals surface area contributed by atoms with Crippen molar-refractivity contribution in [1.82, 2.24) is 4.98 Å². The number of hydrogen-bond acceptors (Lipinski definition) is 4. The first-order chi connectivity index (χ1) is 8.97. The lowest BCUT2D eigenvalue weighted by Gasteiger charge is -2.06. The van der Waals surface area contributed by atoms with Crippen LogP contribution in [0.25, 0.3) is 5.57 Å². The molecule has 1 heterocycles. The van der Waals surface area contributed by atoms with Gasteiger partial charge >= 0.3 is 0 Å². The van der Waals surface area contributed by atoms with Crippen LogP contribution in [0.15, 0.2) is 30.2 Å². The highest BCUT2D eigenvalue weighted by molar-refractivity contribution is 7.13. The first-order valence-corrected chi connectivity index (χ1v) is 6.92. The predicted octanol–water partition coefficient (Wildman–Crippen LogP) is 4.45. The monoisotopic (exact) mass is 292 g/mol. The zero-order valence-corrected chi connectivity index (χ0v) is 12.2. The van der Waals surface area contributed by atoms with Crippen LogP contribution in [0, 0.1) is 6.92 Å². The smallest absolute Gasteiger partial charge is 0.187 e. The molecule has 0 spiro atoms. The molecule has 0 aliphatic heterocycles. The Kier molecular flexibility index (Phi) is 4.02. The van der Waals surface area contributed by atoms with Crippen molar-refractivity contribution in [2.75, 3.05) is 5.32 Å². The number of carbonyl (C=O) groups excluding carboxylic acids is 1. The Balaban J connectivity index is 2.20. The van der Waals surface area contributed by atoms with Crippen LogP contribution < -0.4 is 5.32 Å². The second kappa shape index (κ2) is 5.55. The topological polar surface area (TPSA) is 42.0 Å². The molecule has 2 rings (SSSR count). The number of hydrogen-bond donors (Lipinski definition) is 1. The Bertz CT molecular complexity index is 649. The molecule has 3 nitrogen and oxygen atoms in total. The van der Waals surface area contributed by atoms with E-state index in [2.05, 4.69) is 16.9 Å². The summed E-state index contributed by atoms with van der Waals surface area (Å²) in [5.74, 6) is -0.0699. The lowest BCUT2D eigenvalue weighted by molar-refractivity contribution is -0.111. The van der Waals surface area contributed by atoms with E-state index in [0.29, 0.717) is 16.3 Å². The fourth-order valence-electron chi connectivity index (χ4n) is 1.53. The van der Waals surface area contributed by atoms with Crippen molar-refractivity contribution in [1.29, 1.82) is 0 Å². The highest BCUT2D eigenvalue weighted by Crippen LogP contribution is 2.27. The lowest BCUT2D eigenvalue weighted by Crippen LogP contribution is -1.96. The number of rotatable bonds is 4. The normalized spacial score (nSPS) is 10.3. The molecule has 0 aliphatic carbocycles. The predicted molar refractivity (Wildman–Crippen MR) is 81.3 cm³/mol. The number of halogens is 1. The number of thiazole rings is 1. The van der Waals surface area contributed by atoms with Gasteiger partial charge in [0.25, 0.3) is 0 Å². The van der Waals surface area contributed by atoms with E-state index in [-0.39, 0.29) is 5.78 Å². The molecule has 0 saturated heterocycles. The number of aryl methyl sites for hydroxylation is 1. The Morgan fingerprint density at radius 1 is 1.47 bits per heavy atom. The lowest BCUT2D eigenvalue weighted by atomic mass is 10.2. The highest BCUT2D eigenvalue weighted by atomic mass is 35.5. The fourth-order valence-corrected chi connectivity index (χ4v) is 2.50. The summed E-state index contributed by atoms with van der Waals surface area (Å²) < 4.78 is 0. The number of aromatic nitrogens is 1. The van der Waals surface area contributed by atoms with Gasteiger partial charge in [0, 0.05) is 21.7 Å². The van der Waals surface area contributed by atoms with Crippen LogP contribution in [0.1, 0.15) is 18.2 Å². The van der Waals surface area contributed by atoms with Crippen LogP contribution >= 0.6 is 22.9 Å². The third-order valence-electron chi connectivity index (χ3n) is 2.67. The molecule has 98 valence electrons. The molecule has 0 radical (unpaired) electrons. The summed E-state index contributed by atoms with van der Waals surface area (Å²) in [6.07, 6.45) is 0. The second-order valence-corrected chi connectivity index (χ2v) is 5.45. The van der Waals surface area contributed by atoms with Gasteiger partial charge < -0.3 is 5.32 Å². The van der Waals surface area contributed by atoms with Crippen molar-refractivity contribution in [2.45, 2.75) is 13.8 Å². The highest BCUT2D eigenvalue weighted by Gasteiger charge is 2.09. The number of anilines is 2. The average Bonchev–Trinajstić information content (AvgIpc) is 2.80. The molecule has 0 bridgehead atoms. The molecule has 0 unspecified atom stereocenters. The Hall–Kier alpha value is -1.65. The molecule has 19 heavy (non-hydrogen) atoms. The van der Waals surface area contributed by atoms with Gasteiger partial charge in [-0.15, -0.1) is 11.3 Å².